The average Bonchev–Trinajstić information content (AvgIpc) is 3.09. The maximum atomic E-state index is 12.4. The minimum absolute atomic E-state index is 0.114. The van der Waals surface area contributed by atoms with E-state index in [9.17, 15) is 31.2 Å². The van der Waals surface area contributed by atoms with Crippen molar-refractivity contribution in [3.05, 3.63) is 24.3 Å². The molecule has 1 aromatic rings. The molecule has 3 rings (SSSR count). The Kier molecular flexibility index (Phi) is 6.89. The summed E-state index contributed by atoms with van der Waals surface area (Å²) >= 11 is 1.09. The van der Waals surface area contributed by atoms with Crippen LogP contribution in [0.15, 0.2) is 29.3 Å². The van der Waals surface area contributed by atoms with E-state index in [4.69, 9.17) is 4.74 Å². The van der Waals surface area contributed by atoms with E-state index in [1.54, 1.807) is 20.8 Å². The summed E-state index contributed by atoms with van der Waals surface area (Å²) in [5.41, 5.74) is -0.393. The van der Waals surface area contributed by atoms with Crippen LogP contribution in [0.3, 0.4) is 0 Å². The molecule has 2 saturated heterocycles. The second kappa shape index (κ2) is 9.05. The lowest BCUT2D eigenvalue weighted by atomic mass is 10.2. The molecule has 2 heterocycles. The van der Waals surface area contributed by atoms with Crippen molar-refractivity contribution in [2.75, 3.05) is 23.0 Å². The molecule has 2 atom stereocenters. The molecule has 0 unspecified atom stereocenters. The zero-order valence-corrected chi connectivity index (χ0v) is 19.5. The maximum absolute atomic E-state index is 12.4. The molecule has 0 radical (unpaired) electrons. The Morgan fingerprint density at radius 1 is 1.18 bits per heavy atom. The Morgan fingerprint density at radius 3 is 2.39 bits per heavy atom. The molecule has 14 heteroatoms. The first-order valence-corrected chi connectivity index (χ1v) is 12.4. The zero-order chi connectivity index (χ0) is 24.6. The van der Waals surface area contributed by atoms with Gasteiger partial charge in [-0.05, 0) is 45.0 Å². The van der Waals surface area contributed by atoms with Gasteiger partial charge in [0.2, 0.25) is 0 Å². The number of hydrogen-bond donors (Lipinski definition) is 1. The number of amides is 2. The molecule has 2 fully saturated rings. The quantitative estimate of drug-likeness (QED) is 0.659. The third kappa shape index (κ3) is 7.00. The number of thioether (sulfide) groups is 1. The number of nitrogens with one attached hydrogen (secondary N) is 1. The van der Waals surface area contributed by atoms with Gasteiger partial charge in [-0.25, -0.2) is 13.2 Å². The van der Waals surface area contributed by atoms with E-state index >= 15 is 0 Å². The number of rotatable bonds is 4. The fourth-order valence-corrected chi connectivity index (χ4v) is 7.21. The number of fused-ring (bicyclic) bond motifs is 1. The van der Waals surface area contributed by atoms with Gasteiger partial charge >= 0.3 is 12.5 Å². The molecule has 33 heavy (non-hydrogen) atoms. The Bertz CT molecular complexity index is 1050. The molecule has 2 amide bonds. The highest BCUT2D eigenvalue weighted by Gasteiger charge is 2.49. The van der Waals surface area contributed by atoms with Crippen LogP contribution in [-0.4, -0.2) is 66.9 Å². The summed E-state index contributed by atoms with van der Waals surface area (Å²) in [6.45, 7) is 4.55. The number of carbonyl (C=O) groups excluding carboxylic acids is 2. The molecular formula is C19H22F3N3O6S2. The lowest BCUT2D eigenvalue weighted by Gasteiger charge is -2.24. The molecule has 182 valence electrons. The molecule has 0 saturated carbocycles. The van der Waals surface area contributed by atoms with Crippen molar-refractivity contribution in [3.8, 4) is 5.75 Å². The summed E-state index contributed by atoms with van der Waals surface area (Å²) in [5.74, 6) is -1.44. The number of anilines is 1. The van der Waals surface area contributed by atoms with Crippen LogP contribution in [-0.2, 0) is 19.4 Å². The highest BCUT2D eigenvalue weighted by atomic mass is 32.2. The van der Waals surface area contributed by atoms with Crippen molar-refractivity contribution in [1.82, 2.24) is 5.32 Å². The van der Waals surface area contributed by atoms with E-state index in [0.717, 1.165) is 23.9 Å². The van der Waals surface area contributed by atoms with E-state index in [2.05, 4.69) is 15.0 Å². The van der Waals surface area contributed by atoms with Crippen LogP contribution >= 0.6 is 11.8 Å². The van der Waals surface area contributed by atoms with Crippen LogP contribution < -0.4 is 15.0 Å². The normalized spacial score (nSPS) is 23.3. The van der Waals surface area contributed by atoms with Gasteiger partial charge in [0.15, 0.2) is 15.0 Å². The summed E-state index contributed by atoms with van der Waals surface area (Å²) in [6, 6.07) is 4.29. The Balaban J connectivity index is 1.79. The van der Waals surface area contributed by atoms with Crippen LogP contribution in [0.1, 0.15) is 20.8 Å². The van der Waals surface area contributed by atoms with Crippen molar-refractivity contribution < 1.29 is 40.7 Å². The summed E-state index contributed by atoms with van der Waals surface area (Å²) in [5, 5.41) is 2.09. The van der Waals surface area contributed by atoms with Crippen LogP contribution in [0, 0.1) is 0 Å². The number of ether oxygens (including phenoxy) is 2. The van der Waals surface area contributed by atoms with Crippen LogP contribution in [0.4, 0.5) is 23.7 Å². The van der Waals surface area contributed by atoms with E-state index in [0.29, 0.717) is 5.69 Å². The molecule has 9 nitrogen and oxygen atoms in total. The molecule has 2 aliphatic heterocycles. The maximum Gasteiger partial charge on any atom is 0.573 e. The topological polar surface area (TPSA) is 114 Å². The fraction of sp³-hybridized carbons (Fsp3) is 0.526. The number of alkyl halides is 3. The van der Waals surface area contributed by atoms with E-state index in [1.165, 1.54) is 17.0 Å². The first-order valence-electron chi connectivity index (χ1n) is 9.72. The molecule has 0 spiro atoms. The predicted octanol–water partition coefficient (Wildman–Crippen LogP) is 2.71. The first kappa shape index (κ1) is 25.1. The first-order chi connectivity index (χ1) is 15.1. The number of hydrogen-bond acceptors (Lipinski definition) is 7. The SMILES string of the molecule is CC(C)(C)OC(=O)NCC(=O)N=C1S[C@@H]2CS(=O)(=O)C[C@H]2N1c1ccc(OC(F)(F)F)cc1. The van der Waals surface area contributed by atoms with Crippen LogP contribution in [0.5, 0.6) is 5.75 Å². The summed E-state index contributed by atoms with van der Waals surface area (Å²) in [4.78, 5) is 29.6. The standard InChI is InChI=1S/C19H22F3N3O6S2/c1-18(2,3)31-17(27)23-8-15(26)24-16-25(13-9-33(28,29)10-14(13)32-16)11-4-6-12(7-5-11)30-19(20,21)22/h4-7,13-14H,8-10H2,1-3H3,(H,23,27)/t13-,14-/m1/s1. The van der Waals surface area contributed by atoms with Crippen LogP contribution in [0.2, 0.25) is 0 Å². The van der Waals surface area contributed by atoms with E-state index in [-0.39, 0.29) is 16.7 Å². The van der Waals surface area contributed by atoms with E-state index in [1.807, 2.05) is 0 Å². The second-order valence-corrected chi connectivity index (χ2v) is 11.7. The molecular weight excluding hydrogens is 487 g/mol. The number of benzene rings is 1. The summed E-state index contributed by atoms with van der Waals surface area (Å²) < 4.78 is 70.4. The molecule has 0 aliphatic carbocycles. The van der Waals surface area contributed by atoms with Gasteiger partial charge in [-0.3, -0.25) is 4.79 Å². The van der Waals surface area contributed by atoms with E-state index < -0.39 is 57.4 Å². The highest BCUT2D eigenvalue weighted by Crippen LogP contribution is 2.41. The monoisotopic (exact) mass is 509 g/mol. The molecule has 1 aromatic carbocycles. The van der Waals surface area contributed by atoms with Gasteiger partial charge in [0, 0.05) is 10.9 Å². The van der Waals surface area contributed by atoms with Gasteiger partial charge in [0.1, 0.15) is 17.9 Å². The van der Waals surface area contributed by atoms with Gasteiger partial charge in [0.05, 0.1) is 17.5 Å². The molecule has 0 aromatic heterocycles. The van der Waals surface area contributed by atoms with Crippen molar-refractivity contribution in [1.29, 1.82) is 0 Å². The number of amidine groups is 1. The predicted molar refractivity (Wildman–Crippen MR) is 116 cm³/mol. The van der Waals surface area contributed by atoms with Crippen molar-refractivity contribution in [2.45, 2.75) is 44.0 Å². The lowest BCUT2D eigenvalue weighted by molar-refractivity contribution is -0.274. The van der Waals surface area contributed by atoms with Crippen molar-refractivity contribution in [2.24, 2.45) is 4.99 Å². The lowest BCUT2D eigenvalue weighted by Crippen LogP contribution is -2.38. The van der Waals surface area contributed by atoms with Gasteiger partial charge in [-0.15, -0.1) is 13.2 Å². The Hall–Kier alpha value is -2.48. The number of halogens is 3. The highest BCUT2D eigenvalue weighted by molar-refractivity contribution is 8.16. The third-order valence-electron chi connectivity index (χ3n) is 4.42. The number of nitrogens with zero attached hydrogens (tertiary/aromatic N) is 2. The Labute approximate surface area is 192 Å². The minimum atomic E-state index is -4.85. The molecule has 1 N–H and O–H groups in total. The second-order valence-electron chi connectivity index (χ2n) is 8.36. The van der Waals surface area contributed by atoms with Gasteiger partial charge in [-0.2, -0.15) is 4.99 Å². The smallest absolute Gasteiger partial charge is 0.444 e. The molecule has 2 aliphatic rings. The van der Waals surface area contributed by atoms with Gasteiger partial charge in [-0.1, -0.05) is 11.8 Å². The minimum Gasteiger partial charge on any atom is -0.444 e. The van der Waals surface area contributed by atoms with Gasteiger partial charge < -0.3 is 19.7 Å². The van der Waals surface area contributed by atoms with Crippen molar-refractivity contribution >= 4 is 44.5 Å². The fourth-order valence-electron chi connectivity index (χ4n) is 3.28. The summed E-state index contributed by atoms with van der Waals surface area (Å²) in [7, 11) is -3.32. The molecule has 0 bridgehead atoms. The Morgan fingerprint density at radius 2 is 1.82 bits per heavy atom. The number of alkyl carbamates (subject to hydrolysis) is 1. The number of aliphatic imine (C=N–C) groups is 1. The third-order valence-corrected chi connectivity index (χ3v) is 7.63. The van der Waals surface area contributed by atoms with Gasteiger partial charge in [0.25, 0.3) is 5.91 Å². The number of carbonyl (C=O) groups is 2. The summed E-state index contributed by atoms with van der Waals surface area (Å²) in [6.07, 6.45) is -5.65. The van der Waals surface area contributed by atoms with Crippen LogP contribution in [0.25, 0.3) is 0 Å². The largest absolute Gasteiger partial charge is 0.573 e. The zero-order valence-electron chi connectivity index (χ0n) is 17.9. The number of sulfone groups is 1. The van der Waals surface area contributed by atoms with Crippen molar-refractivity contribution in [3.63, 3.8) is 0 Å². The average molecular weight is 510 g/mol.